The second kappa shape index (κ2) is 6.45. The molecule has 4 rings (SSSR count). The minimum absolute atomic E-state index is 0.0323. The fraction of sp³-hybridized carbons (Fsp3) is 0.0952. The number of rotatable bonds is 2. The lowest BCUT2D eigenvalue weighted by Gasteiger charge is -2.16. The van der Waals surface area contributed by atoms with E-state index in [9.17, 15) is 24.9 Å². The zero-order valence-electron chi connectivity index (χ0n) is 14.3. The van der Waals surface area contributed by atoms with E-state index < -0.39 is 27.7 Å². The number of carbonyl (C=O) groups excluding carboxylic acids is 3. The number of benzene rings is 1. The Balaban J connectivity index is 2.06. The van der Waals surface area contributed by atoms with E-state index in [1.54, 1.807) is 36.4 Å². The number of H-pyrrole nitrogens is 1. The van der Waals surface area contributed by atoms with Crippen LogP contribution in [0.15, 0.2) is 46.5 Å². The molecule has 1 heterocycles. The summed E-state index contributed by atoms with van der Waals surface area (Å²) in [4.78, 5) is 40.5. The topological polar surface area (TPSA) is 115 Å². The van der Waals surface area contributed by atoms with Crippen LogP contribution in [-0.2, 0) is 14.4 Å². The molecule has 6 nitrogen and oxygen atoms in total. The van der Waals surface area contributed by atoms with E-state index in [1.165, 1.54) is 6.08 Å². The lowest BCUT2D eigenvalue weighted by atomic mass is 9.85. The maximum Gasteiger partial charge on any atom is 0.217 e. The molecular formula is C21H10ClN3O3. The second-order valence-corrected chi connectivity index (χ2v) is 6.76. The smallest absolute Gasteiger partial charge is 0.217 e. The lowest BCUT2D eigenvalue weighted by molar-refractivity contribution is -0.114. The van der Waals surface area contributed by atoms with Crippen molar-refractivity contribution in [3.63, 3.8) is 0 Å². The average molecular weight is 388 g/mol. The number of nitrogens with zero attached hydrogens (tertiary/aromatic N) is 2. The highest BCUT2D eigenvalue weighted by Gasteiger charge is 2.37. The molecule has 0 spiro atoms. The molecular weight excluding hydrogens is 378 g/mol. The summed E-state index contributed by atoms with van der Waals surface area (Å²) in [5.74, 6) is -1.67. The number of carbonyl (C=O) groups is 3. The number of ketones is 3. The molecule has 0 radical (unpaired) electrons. The molecule has 1 aromatic carbocycles. The number of nitriles is 2. The number of aromatic nitrogens is 1. The van der Waals surface area contributed by atoms with Crippen LogP contribution < -0.4 is 0 Å². The van der Waals surface area contributed by atoms with Crippen LogP contribution in [0.3, 0.4) is 0 Å². The first-order valence-electron chi connectivity index (χ1n) is 8.36. The molecule has 2 aromatic rings. The molecule has 2 aliphatic carbocycles. The highest BCUT2D eigenvalue weighted by molar-refractivity contribution is 6.57. The Kier molecular flexibility index (Phi) is 4.07. The van der Waals surface area contributed by atoms with Crippen LogP contribution in [0.2, 0.25) is 0 Å². The van der Waals surface area contributed by atoms with E-state index in [2.05, 4.69) is 4.98 Å². The van der Waals surface area contributed by atoms with Crippen molar-refractivity contribution < 1.29 is 14.4 Å². The van der Waals surface area contributed by atoms with Crippen molar-refractivity contribution in [1.29, 1.82) is 10.5 Å². The SMILES string of the molecule is N#CC1=C(C#N)C(=O)C(c2c(C3=CC(=O)CC3)[nH]c3ccccc23)=C(Cl)C1=O. The summed E-state index contributed by atoms with van der Waals surface area (Å²) in [5, 5.41) is 18.8. The van der Waals surface area contributed by atoms with Gasteiger partial charge in [-0.05, 0) is 24.1 Å². The number of para-hydroxylation sites is 1. The minimum Gasteiger partial charge on any atom is -0.354 e. The number of hydrogen-bond acceptors (Lipinski definition) is 5. The molecule has 0 atom stereocenters. The lowest BCUT2D eigenvalue weighted by Crippen LogP contribution is -2.20. The van der Waals surface area contributed by atoms with E-state index in [4.69, 9.17) is 11.6 Å². The minimum atomic E-state index is -0.858. The van der Waals surface area contributed by atoms with Gasteiger partial charge in [-0.1, -0.05) is 29.8 Å². The van der Waals surface area contributed by atoms with Gasteiger partial charge in [0.1, 0.15) is 28.3 Å². The summed E-state index contributed by atoms with van der Waals surface area (Å²) in [5.41, 5.74) is 1.05. The van der Waals surface area contributed by atoms with Crippen LogP contribution in [0.5, 0.6) is 0 Å². The number of halogens is 1. The van der Waals surface area contributed by atoms with Crippen LogP contribution in [0.1, 0.15) is 24.1 Å². The summed E-state index contributed by atoms with van der Waals surface area (Å²) in [6, 6.07) is 10.4. The standard InChI is InChI=1S/C21H10ClN3O3/c22-18-17(20(27)13(8-23)14(9-24)21(18)28)16-12-3-1-2-4-15(12)25-19(16)10-5-6-11(26)7-10/h1-4,7,25H,5-6H2. The molecule has 1 N–H and O–H groups in total. The summed E-state index contributed by atoms with van der Waals surface area (Å²) < 4.78 is 0. The quantitative estimate of drug-likeness (QED) is 0.793. The first kappa shape index (κ1) is 17.7. The van der Waals surface area contributed by atoms with Crippen LogP contribution >= 0.6 is 11.6 Å². The first-order chi connectivity index (χ1) is 13.5. The fourth-order valence-electron chi connectivity index (χ4n) is 3.55. The average Bonchev–Trinajstić information content (AvgIpc) is 3.28. The first-order valence-corrected chi connectivity index (χ1v) is 8.74. The van der Waals surface area contributed by atoms with Gasteiger partial charge in [-0.25, -0.2) is 0 Å². The Morgan fingerprint density at radius 3 is 2.29 bits per heavy atom. The third kappa shape index (κ3) is 2.44. The summed E-state index contributed by atoms with van der Waals surface area (Å²) in [6.45, 7) is 0. The van der Waals surface area contributed by atoms with Crippen molar-refractivity contribution in [2.45, 2.75) is 12.8 Å². The molecule has 0 fully saturated rings. The molecule has 0 saturated carbocycles. The largest absolute Gasteiger partial charge is 0.354 e. The number of Topliss-reactive ketones (excluding diaryl/α,β-unsaturated/α-hetero) is 2. The van der Waals surface area contributed by atoms with Gasteiger partial charge in [-0.3, -0.25) is 14.4 Å². The van der Waals surface area contributed by atoms with Crippen molar-refractivity contribution in [2.75, 3.05) is 0 Å². The van der Waals surface area contributed by atoms with Crippen LogP contribution in [0, 0.1) is 22.7 Å². The Labute approximate surface area is 164 Å². The summed E-state index contributed by atoms with van der Waals surface area (Å²) in [6.07, 6.45) is 2.33. The van der Waals surface area contributed by atoms with Gasteiger partial charge in [-0.15, -0.1) is 0 Å². The van der Waals surface area contributed by atoms with Crippen molar-refractivity contribution in [2.24, 2.45) is 0 Å². The number of fused-ring (bicyclic) bond motifs is 1. The Hall–Kier alpha value is -3.74. The summed E-state index contributed by atoms with van der Waals surface area (Å²) >= 11 is 6.24. The van der Waals surface area contributed by atoms with Crippen molar-refractivity contribution >= 4 is 51.0 Å². The van der Waals surface area contributed by atoms with E-state index >= 15 is 0 Å². The Bertz CT molecular complexity index is 1290. The maximum atomic E-state index is 13.0. The number of allylic oxidation sites excluding steroid dienone is 6. The normalized spacial score (nSPS) is 17.2. The van der Waals surface area contributed by atoms with Gasteiger partial charge in [0.2, 0.25) is 11.6 Å². The third-order valence-electron chi connectivity index (χ3n) is 4.83. The van der Waals surface area contributed by atoms with Gasteiger partial charge in [0.05, 0.1) is 11.3 Å². The molecule has 0 bridgehead atoms. The van der Waals surface area contributed by atoms with Crippen molar-refractivity contribution in [3.05, 3.63) is 57.8 Å². The highest BCUT2D eigenvalue weighted by atomic mass is 35.5. The van der Waals surface area contributed by atoms with E-state index in [0.29, 0.717) is 40.6 Å². The molecule has 0 unspecified atom stereocenters. The van der Waals surface area contributed by atoms with Gasteiger partial charge in [0, 0.05) is 22.9 Å². The maximum absolute atomic E-state index is 13.0. The van der Waals surface area contributed by atoms with E-state index in [-0.39, 0.29) is 11.4 Å². The molecule has 2 aliphatic rings. The van der Waals surface area contributed by atoms with E-state index in [0.717, 1.165) is 0 Å². The Morgan fingerprint density at radius 2 is 1.64 bits per heavy atom. The summed E-state index contributed by atoms with van der Waals surface area (Å²) in [7, 11) is 0. The fourth-order valence-corrected chi connectivity index (χ4v) is 3.82. The van der Waals surface area contributed by atoms with E-state index in [1.807, 2.05) is 0 Å². The van der Waals surface area contributed by atoms with Gasteiger partial charge >= 0.3 is 0 Å². The molecule has 0 amide bonds. The second-order valence-electron chi connectivity index (χ2n) is 6.38. The van der Waals surface area contributed by atoms with Gasteiger partial charge in [-0.2, -0.15) is 10.5 Å². The molecule has 1 aromatic heterocycles. The number of aromatic amines is 1. The van der Waals surface area contributed by atoms with Gasteiger partial charge in [0.25, 0.3) is 0 Å². The van der Waals surface area contributed by atoms with Gasteiger partial charge < -0.3 is 4.98 Å². The molecule has 0 saturated heterocycles. The van der Waals surface area contributed by atoms with Crippen LogP contribution in [-0.4, -0.2) is 22.3 Å². The molecule has 7 heteroatoms. The monoisotopic (exact) mass is 387 g/mol. The molecule has 28 heavy (non-hydrogen) atoms. The number of nitrogens with one attached hydrogen (secondary N) is 1. The predicted octanol–water partition coefficient (Wildman–Crippen LogP) is 3.36. The highest BCUT2D eigenvalue weighted by Crippen LogP contribution is 2.41. The van der Waals surface area contributed by atoms with Crippen molar-refractivity contribution in [1.82, 2.24) is 4.98 Å². The third-order valence-corrected chi connectivity index (χ3v) is 5.19. The number of hydrogen-bond donors (Lipinski definition) is 1. The van der Waals surface area contributed by atoms with Gasteiger partial charge in [0.15, 0.2) is 5.78 Å². The zero-order chi connectivity index (χ0) is 20.0. The molecule has 134 valence electrons. The Morgan fingerprint density at radius 1 is 0.964 bits per heavy atom. The predicted molar refractivity (Wildman–Crippen MR) is 102 cm³/mol. The molecule has 0 aliphatic heterocycles. The van der Waals surface area contributed by atoms with Crippen LogP contribution in [0.25, 0.3) is 22.0 Å². The van der Waals surface area contributed by atoms with Crippen molar-refractivity contribution in [3.8, 4) is 12.1 Å². The zero-order valence-corrected chi connectivity index (χ0v) is 15.1. The van der Waals surface area contributed by atoms with Crippen LogP contribution in [0.4, 0.5) is 0 Å².